The molecule has 1 aromatic carbocycles. The summed E-state index contributed by atoms with van der Waals surface area (Å²) in [6, 6.07) is 12.2. The Morgan fingerprint density at radius 1 is 1.23 bits per heavy atom. The van der Waals surface area contributed by atoms with Crippen LogP contribution in [0.5, 0.6) is 0 Å². The number of likely N-dealkylation sites (tertiary alicyclic amines) is 1. The summed E-state index contributed by atoms with van der Waals surface area (Å²) in [6.45, 7) is 6.01. The summed E-state index contributed by atoms with van der Waals surface area (Å²) in [5.41, 5.74) is 3.93. The van der Waals surface area contributed by atoms with E-state index in [0.717, 1.165) is 55.7 Å². The number of nitrogens with zero attached hydrogens (tertiary/aromatic N) is 5. The van der Waals surface area contributed by atoms with Gasteiger partial charge in [0, 0.05) is 25.7 Å². The van der Waals surface area contributed by atoms with Crippen LogP contribution < -0.4 is 10.9 Å². The van der Waals surface area contributed by atoms with E-state index < -0.39 is 0 Å². The highest BCUT2D eigenvalue weighted by Gasteiger charge is 2.19. The molecule has 3 aromatic rings. The molecule has 1 aliphatic heterocycles. The average Bonchev–Trinajstić information content (AvgIpc) is 2.78. The van der Waals surface area contributed by atoms with Crippen LogP contribution in [0.4, 0.5) is 0 Å². The number of pyridine rings is 1. The molecule has 0 bridgehead atoms. The lowest BCUT2D eigenvalue weighted by atomic mass is 10.0. The lowest BCUT2D eigenvalue weighted by Crippen LogP contribution is -2.43. The normalized spacial score (nSPS) is 15.3. The monoisotopic (exact) mass is 436 g/mol. The zero-order valence-electron chi connectivity index (χ0n) is 17.5. The van der Waals surface area contributed by atoms with Gasteiger partial charge in [-0.2, -0.15) is 5.26 Å². The second-order valence-corrected chi connectivity index (χ2v) is 8.37. The fourth-order valence-electron chi connectivity index (χ4n) is 4.00. The van der Waals surface area contributed by atoms with Gasteiger partial charge in [-0.15, -0.1) is 0 Å². The highest BCUT2D eigenvalue weighted by Crippen LogP contribution is 2.15. The first kappa shape index (κ1) is 21.4. The van der Waals surface area contributed by atoms with Crippen LogP contribution in [0.25, 0.3) is 11.2 Å². The van der Waals surface area contributed by atoms with Gasteiger partial charge in [0.2, 0.25) is 0 Å². The number of aromatic nitrogens is 3. The van der Waals surface area contributed by atoms with Gasteiger partial charge in [0.1, 0.15) is 10.7 Å². The van der Waals surface area contributed by atoms with Crippen molar-refractivity contribution < 1.29 is 0 Å². The van der Waals surface area contributed by atoms with Gasteiger partial charge in [0.15, 0.2) is 5.65 Å². The second kappa shape index (κ2) is 9.56. The predicted octanol–water partition coefficient (Wildman–Crippen LogP) is 2.88. The van der Waals surface area contributed by atoms with Crippen molar-refractivity contribution in [2.75, 3.05) is 19.6 Å². The zero-order valence-corrected chi connectivity index (χ0v) is 18.3. The third-order valence-electron chi connectivity index (χ3n) is 5.90. The van der Waals surface area contributed by atoms with Crippen LogP contribution in [0, 0.1) is 18.3 Å². The summed E-state index contributed by atoms with van der Waals surface area (Å²) in [4.78, 5) is 23.2. The van der Waals surface area contributed by atoms with Crippen molar-refractivity contribution in [2.24, 2.45) is 0 Å². The third-order valence-corrected chi connectivity index (χ3v) is 6.11. The lowest BCUT2D eigenvalue weighted by molar-refractivity contribution is 0.191. The van der Waals surface area contributed by atoms with Gasteiger partial charge in [-0.05, 0) is 62.2 Å². The van der Waals surface area contributed by atoms with E-state index in [1.165, 1.54) is 6.20 Å². The number of piperidine rings is 1. The van der Waals surface area contributed by atoms with Gasteiger partial charge in [-0.3, -0.25) is 9.36 Å². The Balaban J connectivity index is 1.30. The lowest BCUT2D eigenvalue weighted by Gasteiger charge is -2.32. The molecule has 8 heteroatoms. The van der Waals surface area contributed by atoms with Crippen LogP contribution in [0.2, 0.25) is 5.15 Å². The first-order valence-electron chi connectivity index (χ1n) is 10.5. The molecule has 1 saturated heterocycles. The molecule has 1 N–H and O–H groups in total. The number of halogens is 1. The molecule has 1 fully saturated rings. The van der Waals surface area contributed by atoms with Crippen LogP contribution in [-0.4, -0.2) is 45.1 Å². The largest absolute Gasteiger partial charge is 0.310 e. The molecule has 0 aliphatic carbocycles. The van der Waals surface area contributed by atoms with Crippen molar-refractivity contribution in [3.8, 4) is 6.07 Å². The highest BCUT2D eigenvalue weighted by molar-refractivity contribution is 6.29. The van der Waals surface area contributed by atoms with Gasteiger partial charge in [0.25, 0.3) is 5.56 Å². The number of benzene rings is 1. The molecule has 2 aromatic heterocycles. The van der Waals surface area contributed by atoms with Crippen LogP contribution in [0.3, 0.4) is 0 Å². The van der Waals surface area contributed by atoms with Crippen molar-refractivity contribution in [1.29, 1.82) is 5.26 Å². The fourth-order valence-corrected chi connectivity index (χ4v) is 4.14. The maximum atomic E-state index is 12.3. The van der Waals surface area contributed by atoms with Gasteiger partial charge < -0.3 is 10.2 Å². The molecule has 0 amide bonds. The first-order valence-corrected chi connectivity index (χ1v) is 10.9. The number of rotatable bonds is 6. The first-order chi connectivity index (χ1) is 15.0. The summed E-state index contributed by atoms with van der Waals surface area (Å²) in [7, 11) is 0. The summed E-state index contributed by atoms with van der Waals surface area (Å²) in [5, 5.41) is 13.2. The van der Waals surface area contributed by atoms with E-state index in [2.05, 4.69) is 32.3 Å². The Bertz CT molecular complexity index is 1180. The number of aryl methyl sites for hydroxylation is 1. The van der Waals surface area contributed by atoms with Crippen molar-refractivity contribution >= 4 is 22.8 Å². The van der Waals surface area contributed by atoms with Gasteiger partial charge in [-0.25, -0.2) is 9.97 Å². The van der Waals surface area contributed by atoms with Gasteiger partial charge in [0.05, 0.1) is 17.8 Å². The fraction of sp³-hybridized carbons (Fsp3) is 0.391. The van der Waals surface area contributed by atoms with Crippen LogP contribution >= 0.6 is 11.6 Å². The molecule has 31 heavy (non-hydrogen) atoms. The molecule has 4 rings (SSSR count). The molecular formula is C23H25ClN6O. The van der Waals surface area contributed by atoms with E-state index in [0.29, 0.717) is 28.9 Å². The van der Waals surface area contributed by atoms with Gasteiger partial charge in [-0.1, -0.05) is 23.7 Å². The van der Waals surface area contributed by atoms with E-state index in [1.54, 1.807) is 16.7 Å². The van der Waals surface area contributed by atoms with E-state index in [4.69, 9.17) is 11.6 Å². The number of nitriles is 1. The summed E-state index contributed by atoms with van der Waals surface area (Å²) < 4.78 is 1.66. The standard InChI is InChI=1S/C23H25ClN6O/c1-16-2-3-17(12-18(16)13-25)14-26-19-6-8-29(9-7-19)10-11-30-22(31)15-27-20-4-5-21(24)28-23(20)30/h2-5,12,15,19,26H,6-11,14H2,1H3. The van der Waals surface area contributed by atoms with E-state index in [9.17, 15) is 10.1 Å². The predicted molar refractivity (Wildman–Crippen MR) is 121 cm³/mol. The third kappa shape index (κ3) is 5.10. The minimum Gasteiger partial charge on any atom is -0.310 e. The van der Waals surface area contributed by atoms with Crippen LogP contribution in [0.15, 0.2) is 41.3 Å². The number of fused-ring (bicyclic) bond motifs is 1. The summed E-state index contributed by atoms with van der Waals surface area (Å²) >= 11 is 6.02. The van der Waals surface area contributed by atoms with Crippen LogP contribution in [0.1, 0.15) is 29.5 Å². The maximum Gasteiger partial charge on any atom is 0.270 e. The second-order valence-electron chi connectivity index (χ2n) is 7.98. The maximum absolute atomic E-state index is 12.3. The Kier molecular flexibility index (Phi) is 6.62. The molecule has 0 unspecified atom stereocenters. The van der Waals surface area contributed by atoms with Crippen molar-refractivity contribution in [3.63, 3.8) is 0 Å². The molecule has 0 radical (unpaired) electrons. The zero-order chi connectivity index (χ0) is 21.8. The molecule has 0 atom stereocenters. The number of nitrogens with one attached hydrogen (secondary N) is 1. The summed E-state index contributed by atoms with van der Waals surface area (Å²) in [6.07, 6.45) is 3.44. The number of hydrogen-bond acceptors (Lipinski definition) is 6. The molecule has 160 valence electrons. The average molecular weight is 437 g/mol. The van der Waals surface area contributed by atoms with E-state index in [-0.39, 0.29) is 5.56 Å². The molecular weight excluding hydrogens is 412 g/mol. The van der Waals surface area contributed by atoms with Crippen molar-refractivity contribution in [2.45, 2.75) is 38.9 Å². The Hall–Kier alpha value is -2.79. The summed E-state index contributed by atoms with van der Waals surface area (Å²) in [5.74, 6) is 0. The van der Waals surface area contributed by atoms with Crippen LogP contribution in [-0.2, 0) is 13.1 Å². The van der Waals surface area contributed by atoms with Crippen molar-refractivity contribution in [3.05, 3.63) is 68.7 Å². The molecule has 3 heterocycles. The Morgan fingerprint density at radius 2 is 2.03 bits per heavy atom. The molecule has 1 aliphatic rings. The minimum absolute atomic E-state index is 0.159. The Labute approximate surface area is 186 Å². The van der Waals surface area contributed by atoms with Crippen molar-refractivity contribution in [1.82, 2.24) is 24.8 Å². The molecule has 7 nitrogen and oxygen atoms in total. The smallest absolute Gasteiger partial charge is 0.270 e. The quantitative estimate of drug-likeness (QED) is 0.598. The Morgan fingerprint density at radius 3 is 2.81 bits per heavy atom. The number of hydrogen-bond donors (Lipinski definition) is 1. The molecule has 0 saturated carbocycles. The van der Waals surface area contributed by atoms with E-state index >= 15 is 0 Å². The SMILES string of the molecule is Cc1ccc(CNC2CCN(CCn3c(=O)cnc4ccc(Cl)nc43)CC2)cc1C#N. The highest BCUT2D eigenvalue weighted by atomic mass is 35.5. The molecule has 0 spiro atoms. The topological polar surface area (TPSA) is 86.8 Å². The van der Waals surface area contributed by atoms with E-state index in [1.807, 2.05) is 19.1 Å². The minimum atomic E-state index is -0.159. The van der Waals surface area contributed by atoms with Gasteiger partial charge >= 0.3 is 0 Å².